The molecular weight excluding hydrogens is 507 g/mol. The van der Waals surface area contributed by atoms with Crippen LogP contribution in [0.1, 0.15) is 19.3 Å². The lowest BCUT2D eigenvalue weighted by atomic mass is 10.1. The highest BCUT2D eigenvalue weighted by atomic mass is 32.2. The van der Waals surface area contributed by atoms with E-state index in [9.17, 15) is 62.6 Å². The number of hydrogen-bond donors (Lipinski definition) is 1. The summed E-state index contributed by atoms with van der Waals surface area (Å²) in [4.78, 5) is 21.2. The van der Waals surface area contributed by atoms with Crippen LogP contribution < -0.4 is 5.11 Å². The maximum absolute atomic E-state index is 14.1. The topological polar surface area (TPSA) is 115 Å². The van der Waals surface area contributed by atoms with Gasteiger partial charge in [-0.15, -0.1) is 0 Å². The minimum atomic E-state index is -7.45. The van der Waals surface area contributed by atoms with Crippen molar-refractivity contribution in [1.29, 1.82) is 0 Å². The zero-order valence-corrected chi connectivity index (χ0v) is 18.0. The standard InChI is InChI=1S/C15H21F9N2O6S/c1-26(2,9-5-11(29)30)8-3-6-25(7-4-10(27)28)33(31,32)15(23,24)13(18,19)12(16,17)14(20,21)22/h3-9H2,1-2H3,(H-,27,28,29,30). The molecule has 0 aromatic carbocycles. The van der Waals surface area contributed by atoms with Crippen molar-refractivity contribution < 1.29 is 72.2 Å². The number of carbonyl (C=O) groups is 2. The number of halogens is 9. The van der Waals surface area contributed by atoms with Gasteiger partial charge in [0.1, 0.15) is 0 Å². The molecular formula is C15H21F9N2O6S. The Bertz CT molecular complexity index is 815. The summed E-state index contributed by atoms with van der Waals surface area (Å²) in [7, 11) is -4.16. The zero-order chi connectivity index (χ0) is 26.7. The van der Waals surface area contributed by atoms with Gasteiger partial charge in [0.05, 0.1) is 33.6 Å². The molecule has 0 heterocycles. The van der Waals surface area contributed by atoms with Gasteiger partial charge in [0.15, 0.2) is 0 Å². The van der Waals surface area contributed by atoms with Gasteiger partial charge in [-0.1, -0.05) is 0 Å². The van der Waals surface area contributed by atoms with Gasteiger partial charge in [0.2, 0.25) is 0 Å². The van der Waals surface area contributed by atoms with E-state index in [-0.39, 0.29) is 17.6 Å². The molecule has 0 aliphatic heterocycles. The molecule has 1 N–H and O–H groups in total. The molecule has 0 aromatic heterocycles. The Balaban J connectivity index is 5.96. The summed E-state index contributed by atoms with van der Waals surface area (Å²) in [5.74, 6) is -18.2. The molecule has 0 bridgehead atoms. The summed E-state index contributed by atoms with van der Waals surface area (Å²) in [5, 5.41) is 12.1. The van der Waals surface area contributed by atoms with Gasteiger partial charge in [-0.25, -0.2) is 8.42 Å². The summed E-state index contributed by atoms with van der Waals surface area (Å²) in [6, 6.07) is 0. The van der Waals surface area contributed by atoms with Crippen molar-refractivity contribution in [3.8, 4) is 0 Å². The van der Waals surface area contributed by atoms with Crippen molar-refractivity contribution in [3.63, 3.8) is 0 Å². The summed E-state index contributed by atoms with van der Waals surface area (Å²) < 4.78 is 142. The van der Waals surface area contributed by atoms with Crippen LogP contribution >= 0.6 is 0 Å². The van der Waals surface area contributed by atoms with Gasteiger partial charge >= 0.3 is 29.2 Å². The molecule has 0 atom stereocenters. The smallest absolute Gasteiger partial charge is 0.460 e. The molecule has 33 heavy (non-hydrogen) atoms. The normalized spacial score (nSPS) is 14.5. The number of sulfonamides is 1. The summed E-state index contributed by atoms with van der Waals surface area (Å²) >= 11 is 0. The van der Waals surface area contributed by atoms with Gasteiger partial charge in [0, 0.05) is 31.9 Å². The number of carboxylic acids is 2. The molecule has 0 saturated heterocycles. The number of carbonyl (C=O) groups excluding carboxylic acids is 1. The third-order valence-electron chi connectivity index (χ3n) is 4.45. The van der Waals surface area contributed by atoms with E-state index in [2.05, 4.69) is 0 Å². The SMILES string of the molecule is C[N+](C)(CCCN(CCC(=O)O)S(=O)(=O)C(F)(F)C(F)(F)C(F)(F)C(F)(F)F)CCC(=O)[O-]. The van der Waals surface area contributed by atoms with Crippen LogP contribution in [-0.4, -0.2) is 97.8 Å². The van der Waals surface area contributed by atoms with Gasteiger partial charge in [-0.2, -0.15) is 43.8 Å². The Morgan fingerprint density at radius 1 is 0.879 bits per heavy atom. The minimum Gasteiger partial charge on any atom is -0.550 e. The first-order chi connectivity index (χ1) is 14.4. The van der Waals surface area contributed by atoms with Crippen LogP contribution in [-0.2, 0) is 19.6 Å². The first-order valence-electron chi connectivity index (χ1n) is 8.87. The molecule has 0 saturated carbocycles. The fourth-order valence-electron chi connectivity index (χ4n) is 2.44. The van der Waals surface area contributed by atoms with Gasteiger partial charge in [-0.05, 0) is 0 Å². The molecule has 0 rings (SSSR count). The van der Waals surface area contributed by atoms with Crippen LogP contribution in [0, 0.1) is 0 Å². The van der Waals surface area contributed by atoms with Gasteiger partial charge < -0.3 is 19.5 Å². The van der Waals surface area contributed by atoms with Crippen LogP contribution in [0.25, 0.3) is 0 Å². The first-order valence-corrected chi connectivity index (χ1v) is 10.3. The second-order valence-electron chi connectivity index (χ2n) is 7.57. The van der Waals surface area contributed by atoms with Crippen LogP contribution in [0.3, 0.4) is 0 Å². The average Bonchev–Trinajstić information content (AvgIpc) is 2.61. The Labute approximate surface area is 182 Å². The van der Waals surface area contributed by atoms with Crippen molar-refractivity contribution in [2.24, 2.45) is 0 Å². The molecule has 196 valence electrons. The molecule has 0 aliphatic rings. The summed E-state index contributed by atoms with van der Waals surface area (Å²) in [6.07, 6.45) is -9.48. The van der Waals surface area contributed by atoms with Crippen LogP contribution in [0.15, 0.2) is 0 Å². The molecule has 8 nitrogen and oxygen atoms in total. The molecule has 0 aromatic rings. The van der Waals surface area contributed by atoms with Gasteiger partial charge in [-0.3, -0.25) is 4.79 Å². The molecule has 0 amide bonds. The summed E-state index contributed by atoms with van der Waals surface area (Å²) in [6.45, 7) is -2.91. The predicted octanol–water partition coefficient (Wildman–Crippen LogP) is 1.13. The van der Waals surface area contributed by atoms with E-state index in [0.717, 1.165) is 0 Å². The van der Waals surface area contributed by atoms with E-state index < -0.39 is 81.9 Å². The molecule has 0 fully saturated rings. The number of carboxylic acid groups (broad SMARTS) is 2. The van der Waals surface area contributed by atoms with E-state index in [1.807, 2.05) is 0 Å². The number of nitrogens with zero attached hydrogens (tertiary/aromatic N) is 2. The van der Waals surface area contributed by atoms with Crippen molar-refractivity contribution >= 4 is 22.0 Å². The highest BCUT2D eigenvalue weighted by molar-refractivity contribution is 7.90. The van der Waals surface area contributed by atoms with Crippen molar-refractivity contribution in [2.45, 2.75) is 42.5 Å². The number of rotatable bonds is 14. The van der Waals surface area contributed by atoms with Crippen molar-refractivity contribution in [1.82, 2.24) is 4.31 Å². The Kier molecular flexibility index (Phi) is 9.64. The minimum absolute atomic E-state index is 0.115. The van der Waals surface area contributed by atoms with Crippen molar-refractivity contribution in [2.75, 3.05) is 40.3 Å². The Morgan fingerprint density at radius 2 is 1.36 bits per heavy atom. The van der Waals surface area contributed by atoms with Crippen LogP contribution in [0.5, 0.6) is 0 Å². The van der Waals surface area contributed by atoms with Crippen molar-refractivity contribution in [3.05, 3.63) is 0 Å². The lowest BCUT2D eigenvalue weighted by Crippen LogP contribution is -2.65. The monoisotopic (exact) mass is 528 g/mol. The fourth-order valence-corrected chi connectivity index (χ4v) is 3.92. The predicted molar refractivity (Wildman–Crippen MR) is 89.7 cm³/mol. The third kappa shape index (κ3) is 7.08. The molecule has 0 radical (unpaired) electrons. The Morgan fingerprint density at radius 3 is 1.76 bits per heavy atom. The summed E-state index contributed by atoms with van der Waals surface area (Å²) in [5.41, 5.74) is 0. The number of hydrogen-bond acceptors (Lipinski definition) is 5. The van der Waals surface area contributed by atoms with Crippen LogP contribution in [0.4, 0.5) is 39.5 Å². The van der Waals surface area contributed by atoms with E-state index in [4.69, 9.17) is 5.11 Å². The molecule has 18 heteroatoms. The largest absolute Gasteiger partial charge is 0.550 e. The fraction of sp³-hybridized carbons (Fsp3) is 0.867. The van der Waals surface area contributed by atoms with E-state index in [0.29, 0.717) is 0 Å². The Hall–Kier alpha value is -1.82. The van der Waals surface area contributed by atoms with Gasteiger partial charge in [0.25, 0.3) is 10.0 Å². The highest BCUT2D eigenvalue weighted by Gasteiger charge is 2.85. The molecule has 0 spiro atoms. The highest BCUT2D eigenvalue weighted by Crippen LogP contribution is 2.55. The zero-order valence-electron chi connectivity index (χ0n) is 17.1. The molecule has 0 unspecified atom stereocenters. The second kappa shape index (κ2) is 10.2. The second-order valence-corrected chi connectivity index (χ2v) is 9.55. The average molecular weight is 528 g/mol. The van der Waals surface area contributed by atoms with E-state index in [1.165, 1.54) is 14.1 Å². The first kappa shape index (κ1) is 31.2. The molecule has 0 aliphatic carbocycles. The lowest BCUT2D eigenvalue weighted by molar-refractivity contribution is -0.890. The number of alkyl halides is 9. The third-order valence-corrected chi connectivity index (χ3v) is 6.40. The van der Waals surface area contributed by atoms with Crippen LogP contribution in [0.2, 0.25) is 0 Å². The maximum Gasteiger partial charge on any atom is 0.460 e. The van der Waals surface area contributed by atoms with E-state index in [1.54, 1.807) is 0 Å². The lowest BCUT2D eigenvalue weighted by Gasteiger charge is -2.36. The number of quaternary nitrogens is 1. The van der Waals surface area contributed by atoms with E-state index >= 15 is 0 Å². The maximum atomic E-state index is 14.1. The number of aliphatic carboxylic acids is 2. The quantitative estimate of drug-likeness (QED) is 0.267.